The van der Waals surface area contributed by atoms with Gasteiger partial charge < -0.3 is 18.6 Å². The fourth-order valence-corrected chi connectivity index (χ4v) is 1.01. The number of halogens is 2. The first kappa shape index (κ1) is 13.4. The van der Waals surface area contributed by atoms with Gasteiger partial charge in [-0.3, -0.25) is 0 Å². The molecule has 0 fully saturated rings. The van der Waals surface area contributed by atoms with Crippen molar-refractivity contribution in [2.24, 2.45) is 0 Å². The molecule has 0 N–H and O–H groups in total. The molecule has 0 saturated heterocycles. The van der Waals surface area contributed by atoms with Crippen LogP contribution in [0.15, 0.2) is 16.5 Å². The van der Waals surface area contributed by atoms with Crippen molar-refractivity contribution in [1.82, 2.24) is 0 Å². The molecule has 0 aliphatic carbocycles. The number of esters is 1. The maximum absolute atomic E-state index is 13.4. The van der Waals surface area contributed by atoms with Crippen molar-refractivity contribution in [3.05, 3.63) is 17.9 Å². The van der Waals surface area contributed by atoms with E-state index in [1.54, 1.807) is 0 Å². The molecule has 96 valence electrons. The summed E-state index contributed by atoms with van der Waals surface area (Å²) in [6, 6.07) is 2.11. The van der Waals surface area contributed by atoms with Gasteiger partial charge in [0, 0.05) is 13.2 Å². The van der Waals surface area contributed by atoms with Crippen molar-refractivity contribution < 1.29 is 32.2 Å². The monoisotopic (exact) mass is 250 g/mol. The molecular weight excluding hydrogens is 238 g/mol. The van der Waals surface area contributed by atoms with E-state index in [0.717, 1.165) is 6.07 Å². The topological polar surface area (TPSA) is 57.9 Å². The molecule has 0 unspecified atom stereocenters. The molecule has 0 bridgehead atoms. The van der Waals surface area contributed by atoms with Crippen molar-refractivity contribution in [2.45, 2.75) is 12.8 Å². The van der Waals surface area contributed by atoms with E-state index in [2.05, 4.69) is 13.9 Å². The molecule has 7 heteroatoms. The highest BCUT2D eigenvalue weighted by Crippen LogP contribution is 2.33. The number of furan rings is 1. The predicted molar refractivity (Wildman–Crippen MR) is 51.7 cm³/mol. The lowest BCUT2D eigenvalue weighted by Gasteiger charge is -2.11. The summed E-state index contributed by atoms with van der Waals surface area (Å²) in [5, 5.41) is 0. The number of rotatable bonds is 6. The van der Waals surface area contributed by atoms with Crippen molar-refractivity contribution in [2.75, 3.05) is 20.5 Å². The lowest BCUT2D eigenvalue weighted by Crippen LogP contribution is -2.27. The number of carbonyl (C=O) groups is 1. The van der Waals surface area contributed by atoms with Gasteiger partial charge in [0.25, 0.3) is 5.95 Å². The Morgan fingerprint density at radius 1 is 1.47 bits per heavy atom. The highest BCUT2D eigenvalue weighted by molar-refractivity contribution is 5.78. The fourth-order valence-electron chi connectivity index (χ4n) is 1.01. The Morgan fingerprint density at radius 3 is 2.76 bits per heavy atom. The second kappa shape index (κ2) is 5.62. The average Bonchev–Trinajstić information content (AvgIpc) is 2.75. The fraction of sp³-hybridized carbons (Fsp3) is 0.500. The largest absolute Gasteiger partial charge is 0.461 e. The van der Waals surface area contributed by atoms with Gasteiger partial charge in [0.05, 0.1) is 6.61 Å². The number of alkyl halides is 2. The minimum absolute atomic E-state index is 0.137. The molecule has 5 nitrogen and oxygen atoms in total. The summed E-state index contributed by atoms with van der Waals surface area (Å²) in [6.07, 6.45) is 0. The molecule has 1 heterocycles. The maximum Gasteiger partial charge on any atom is 0.399 e. The van der Waals surface area contributed by atoms with Crippen LogP contribution in [0, 0.1) is 0 Å². The van der Waals surface area contributed by atoms with Gasteiger partial charge in [-0.25, -0.2) is 4.79 Å². The van der Waals surface area contributed by atoms with Gasteiger partial charge in [0.1, 0.15) is 0 Å². The molecule has 0 spiro atoms. The smallest absolute Gasteiger partial charge is 0.399 e. The van der Waals surface area contributed by atoms with E-state index in [4.69, 9.17) is 4.74 Å². The van der Waals surface area contributed by atoms with Gasteiger partial charge >= 0.3 is 11.9 Å². The summed E-state index contributed by atoms with van der Waals surface area (Å²) in [5.74, 6) is -6.48. The molecule has 0 atom stereocenters. The number of carbonyl (C=O) groups excluding carboxylic acids is 1. The van der Waals surface area contributed by atoms with E-state index in [9.17, 15) is 13.6 Å². The van der Waals surface area contributed by atoms with E-state index in [0.29, 0.717) is 0 Å². The normalized spacial score (nSPS) is 11.3. The number of ether oxygens (including phenoxy) is 3. The van der Waals surface area contributed by atoms with Crippen molar-refractivity contribution in [3.63, 3.8) is 0 Å². The second-order valence-electron chi connectivity index (χ2n) is 2.96. The van der Waals surface area contributed by atoms with E-state index in [1.165, 1.54) is 20.1 Å². The van der Waals surface area contributed by atoms with Crippen LogP contribution in [0.5, 0.6) is 5.95 Å². The molecule has 0 saturated carbocycles. The minimum Gasteiger partial charge on any atom is -0.461 e. The first-order valence-corrected chi connectivity index (χ1v) is 4.79. The quantitative estimate of drug-likeness (QED) is 0.570. The van der Waals surface area contributed by atoms with E-state index < -0.39 is 17.7 Å². The van der Waals surface area contributed by atoms with Gasteiger partial charge in [0.2, 0.25) is 0 Å². The average molecular weight is 250 g/mol. The van der Waals surface area contributed by atoms with Gasteiger partial charge in [0.15, 0.2) is 12.6 Å². The second-order valence-corrected chi connectivity index (χ2v) is 2.96. The van der Waals surface area contributed by atoms with Crippen LogP contribution in [-0.4, -0.2) is 26.5 Å². The van der Waals surface area contributed by atoms with Crippen LogP contribution in [0.4, 0.5) is 8.78 Å². The van der Waals surface area contributed by atoms with Crippen LogP contribution < -0.4 is 4.74 Å². The minimum atomic E-state index is -3.83. The Balaban J connectivity index is 2.77. The van der Waals surface area contributed by atoms with E-state index >= 15 is 0 Å². The highest BCUT2D eigenvalue weighted by Gasteiger charge is 2.46. The van der Waals surface area contributed by atoms with Crippen LogP contribution in [0.2, 0.25) is 0 Å². The molecule has 0 radical (unpaired) electrons. The summed E-state index contributed by atoms with van der Waals surface area (Å²) in [4.78, 5) is 11.0. The molecule has 1 aromatic heterocycles. The zero-order valence-corrected chi connectivity index (χ0v) is 9.37. The Labute approximate surface area is 96.2 Å². The van der Waals surface area contributed by atoms with Crippen LogP contribution >= 0.6 is 0 Å². The Morgan fingerprint density at radius 2 is 2.18 bits per heavy atom. The lowest BCUT2D eigenvalue weighted by molar-refractivity contribution is -0.175. The third-order valence-corrected chi connectivity index (χ3v) is 1.74. The molecule has 17 heavy (non-hydrogen) atoms. The lowest BCUT2D eigenvalue weighted by atomic mass is 10.2. The number of methoxy groups -OCH3 is 1. The molecule has 0 aliphatic heterocycles. The van der Waals surface area contributed by atoms with Crippen molar-refractivity contribution >= 4 is 5.97 Å². The van der Waals surface area contributed by atoms with Gasteiger partial charge in [-0.2, -0.15) is 8.78 Å². The SMILES string of the molecule is CCOC(=O)C(F)(F)c1ccc(OCOC)o1. The zero-order valence-electron chi connectivity index (χ0n) is 9.37. The van der Waals surface area contributed by atoms with Crippen LogP contribution in [0.25, 0.3) is 0 Å². The Hall–Kier alpha value is -1.63. The summed E-state index contributed by atoms with van der Waals surface area (Å²) in [7, 11) is 1.37. The molecule has 1 aromatic rings. The number of hydrogen-bond acceptors (Lipinski definition) is 5. The van der Waals surface area contributed by atoms with E-state index in [1.807, 2.05) is 0 Å². The molecular formula is C10H12F2O5. The Kier molecular flexibility index (Phi) is 4.45. The summed E-state index contributed by atoms with van der Waals surface area (Å²) < 4.78 is 45.1. The Bertz CT molecular complexity index is 375. The summed E-state index contributed by atoms with van der Waals surface area (Å²) >= 11 is 0. The predicted octanol–water partition coefficient (Wildman–Crippen LogP) is 1.92. The van der Waals surface area contributed by atoms with E-state index in [-0.39, 0.29) is 19.3 Å². The van der Waals surface area contributed by atoms with Crippen LogP contribution in [-0.2, 0) is 20.2 Å². The first-order valence-electron chi connectivity index (χ1n) is 4.79. The van der Waals surface area contributed by atoms with Gasteiger partial charge in [-0.1, -0.05) is 0 Å². The summed E-state index contributed by atoms with van der Waals surface area (Å²) in [6.45, 7) is 1.16. The van der Waals surface area contributed by atoms with Gasteiger partial charge in [-0.15, -0.1) is 0 Å². The first-order chi connectivity index (χ1) is 8.02. The van der Waals surface area contributed by atoms with Crippen LogP contribution in [0.3, 0.4) is 0 Å². The third-order valence-electron chi connectivity index (χ3n) is 1.74. The number of hydrogen-bond donors (Lipinski definition) is 0. The van der Waals surface area contributed by atoms with Crippen molar-refractivity contribution in [3.8, 4) is 5.95 Å². The zero-order chi connectivity index (χ0) is 12.9. The van der Waals surface area contributed by atoms with Gasteiger partial charge in [-0.05, 0) is 13.0 Å². The third kappa shape index (κ3) is 3.16. The summed E-state index contributed by atoms with van der Waals surface area (Å²) in [5.41, 5.74) is 0. The molecule has 0 amide bonds. The standard InChI is InChI=1S/C10H12F2O5/c1-3-15-9(13)10(11,12)7-4-5-8(17-7)16-6-14-2/h4-5H,3,6H2,1-2H3. The van der Waals surface area contributed by atoms with Crippen molar-refractivity contribution in [1.29, 1.82) is 0 Å². The highest BCUT2D eigenvalue weighted by atomic mass is 19.3. The maximum atomic E-state index is 13.4. The molecule has 1 rings (SSSR count). The van der Waals surface area contributed by atoms with Crippen LogP contribution in [0.1, 0.15) is 12.7 Å². The molecule has 0 aromatic carbocycles. The molecule has 0 aliphatic rings.